The molecule has 4 aromatic carbocycles. The average molecular weight is 1230 g/mol. The molecule has 6 rings (SSSR count). The lowest BCUT2D eigenvalue weighted by molar-refractivity contribution is -0.141. The molecule has 0 fully saturated rings. The normalized spacial score (nSPS) is 12.2. The highest BCUT2D eigenvalue weighted by molar-refractivity contribution is 8.37. The van der Waals surface area contributed by atoms with Gasteiger partial charge in [0.05, 0.1) is 19.2 Å². The number of fused-ring (bicyclic) bond motifs is 6. The van der Waals surface area contributed by atoms with Gasteiger partial charge in [0, 0.05) is 55.4 Å². The number of carbonyl (C=O) groups is 8. The molecule has 8 N–H and O–H groups in total. The van der Waals surface area contributed by atoms with Gasteiger partial charge in [0.15, 0.2) is 5.78 Å². The third-order valence-corrected chi connectivity index (χ3v) is 11.6. The first kappa shape index (κ1) is 79.9. The van der Waals surface area contributed by atoms with Crippen LogP contribution in [0.25, 0.3) is 22.3 Å². The molecule has 440 valence electrons. The zero-order valence-electron chi connectivity index (χ0n) is 43.6. The van der Waals surface area contributed by atoms with Crippen molar-refractivity contribution < 1.29 is 62.8 Å². The number of hydrogen-bond acceptors (Lipinski definition) is 14. The fourth-order valence-electron chi connectivity index (χ4n) is 7.92. The lowest BCUT2D eigenvalue weighted by Crippen LogP contribution is -2.46. The summed E-state index contributed by atoms with van der Waals surface area (Å²) in [6, 6.07) is 29.8. The van der Waals surface area contributed by atoms with Gasteiger partial charge in [-0.1, -0.05) is 147 Å². The van der Waals surface area contributed by atoms with Gasteiger partial charge in [0.2, 0.25) is 11.8 Å². The number of esters is 1. The maximum atomic E-state index is 12.8. The maximum absolute atomic E-state index is 12.8. The Morgan fingerprint density at radius 3 is 1.20 bits per heavy atom. The van der Waals surface area contributed by atoms with Crippen molar-refractivity contribution in [2.45, 2.75) is 92.8 Å². The van der Waals surface area contributed by atoms with E-state index >= 15 is 0 Å². The molecule has 0 saturated heterocycles. The molecule has 0 spiro atoms. The Labute approximate surface area is 504 Å². The molecular formula is C54H79N5O13S7. The molecule has 0 aromatic heterocycles. The van der Waals surface area contributed by atoms with Gasteiger partial charge in [0.1, 0.15) is 32.3 Å². The van der Waals surface area contributed by atoms with E-state index in [2.05, 4.69) is 72.6 Å². The molecule has 0 radical (unpaired) electrons. The van der Waals surface area contributed by atoms with Crippen molar-refractivity contribution in [1.82, 2.24) is 21.3 Å². The number of ether oxygens (including phenoxy) is 3. The molecule has 4 atom stereocenters. The Kier molecular flexibility index (Phi) is 41.1. The van der Waals surface area contributed by atoms with E-state index in [0.717, 1.165) is 53.4 Å². The number of carbonyl (C=O) groups excluding carboxylic acids is 6. The number of carboxylic acids is 2. The standard InChI is InChI=1S/C26H30N2O6.C20H21NO4.C6H12N2O3.2CH4.S3.4H2S/c1-15(2)24(22(29)12-16(3)25(32)27-13-23(30)31)28-26(33)34-14-21-19-10-6-4-8-17(19)18-9-5-7-11-20(18)21;1-12(2)18(19(22)23)21-20(24)25-11-17-15-9-5-3-7-13(15)14-8-4-6-10-16(14)17;1-4(7)6(10)8-3-5(9)11-2;;;1-3-2;;;;/h4-11,15-16,21,24H,12-14H2,1-3H3,(H,27,32)(H,28,33)(H,30,31);3-10,12,17-18H,11H2,1-2H3,(H,21,24)(H,22,23);4H,3,7H2,1-2H3,(H,8,10);2*1H4;;4*1H2/t16-,24+;18-;4-;;;;;;;/m100......./s1. The zero-order valence-corrected chi connectivity index (χ0v) is 50.0. The molecule has 0 aliphatic heterocycles. The van der Waals surface area contributed by atoms with E-state index in [1.807, 2.05) is 72.8 Å². The summed E-state index contributed by atoms with van der Waals surface area (Å²) in [6.07, 6.45) is -1.53. The molecule has 2 aliphatic carbocycles. The first-order chi connectivity index (χ1) is 34.7. The Bertz CT molecular complexity index is 2550. The van der Waals surface area contributed by atoms with Crippen LogP contribution in [0.4, 0.5) is 9.59 Å². The van der Waals surface area contributed by atoms with Crippen LogP contribution in [0.2, 0.25) is 0 Å². The van der Waals surface area contributed by atoms with Crippen molar-refractivity contribution in [3.05, 3.63) is 119 Å². The monoisotopic (exact) mass is 1230 g/mol. The van der Waals surface area contributed by atoms with Crippen molar-refractivity contribution in [3.8, 4) is 22.3 Å². The highest BCUT2D eigenvalue weighted by Crippen LogP contribution is 2.45. The summed E-state index contributed by atoms with van der Waals surface area (Å²) < 4.78 is 15.2. The fraction of sp³-hybridized carbons (Fsp3) is 0.407. The number of amides is 4. The van der Waals surface area contributed by atoms with Gasteiger partial charge >= 0.3 is 30.1 Å². The number of Topliss-reactive ketones (excluding diaryl/α,β-unsaturated/α-hetero) is 1. The molecule has 79 heavy (non-hydrogen) atoms. The van der Waals surface area contributed by atoms with Crippen LogP contribution < -0.4 is 27.0 Å². The number of hydrogen-bond donors (Lipinski definition) is 7. The number of ketones is 1. The number of nitrogens with two attached hydrogens (primary N) is 1. The average Bonchev–Trinajstić information content (AvgIpc) is 3.86. The third kappa shape index (κ3) is 24.8. The van der Waals surface area contributed by atoms with E-state index in [1.54, 1.807) is 34.6 Å². The van der Waals surface area contributed by atoms with Crippen LogP contribution in [0.15, 0.2) is 97.1 Å². The van der Waals surface area contributed by atoms with Crippen LogP contribution in [0.3, 0.4) is 0 Å². The lowest BCUT2D eigenvalue weighted by atomic mass is 9.93. The van der Waals surface area contributed by atoms with E-state index in [4.69, 9.17) is 25.4 Å². The van der Waals surface area contributed by atoms with Crippen LogP contribution >= 0.6 is 54.0 Å². The first-order valence-electron chi connectivity index (χ1n) is 23.2. The number of aliphatic carboxylic acids is 2. The number of rotatable bonds is 18. The third-order valence-electron chi connectivity index (χ3n) is 11.6. The molecule has 25 heteroatoms. The van der Waals surface area contributed by atoms with Crippen LogP contribution in [-0.4, -0.2) is 109 Å². The minimum Gasteiger partial charge on any atom is -0.480 e. The molecule has 0 saturated carbocycles. The maximum Gasteiger partial charge on any atom is 0.407 e. The van der Waals surface area contributed by atoms with Crippen molar-refractivity contribution in [2.24, 2.45) is 23.5 Å². The SMILES string of the molecule is C.C.CC(C)[C@H](NC(=O)OCC1c2ccccc2-c2ccccc21)C(=O)C[C@@H](C)C(=O)NCC(=O)O.CC(C)[C@H](NC(=O)OCC1c2ccccc2-c2ccccc21)C(=O)O.COC(=O)CNC(=O)[C@H](C)N.S.S.S.S.S=S=S. The van der Waals surface area contributed by atoms with Gasteiger partial charge in [-0.15, -0.1) is 0 Å². The summed E-state index contributed by atoms with van der Waals surface area (Å²) in [5, 5.41) is 27.5. The molecule has 4 aromatic rings. The van der Waals surface area contributed by atoms with E-state index < -0.39 is 66.6 Å². The summed E-state index contributed by atoms with van der Waals surface area (Å²) in [5.74, 6) is -5.23. The van der Waals surface area contributed by atoms with Gasteiger partial charge in [-0.2, -0.15) is 54.0 Å². The van der Waals surface area contributed by atoms with Gasteiger partial charge in [-0.25, -0.2) is 14.4 Å². The van der Waals surface area contributed by atoms with E-state index in [0.29, 0.717) is 0 Å². The van der Waals surface area contributed by atoms with Crippen molar-refractivity contribution >= 4 is 133 Å². The van der Waals surface area contributed by atoms with Crippen LogP contribution in [0.5, 0.6) is 0 Å². The van der Waals surface area contributed by atoms with E-state index in [-0.39, 0.29) is 130 Å². The number of methoxy groups -OCH3 is 1. The van der Waals surface area contributed by atoms with Gasteiger partial charge in [-0.3, -0.25) is 24.0 Å². The van der Waals surface area contributed by atoms with Crippen LogP contribution in [0, 0.1) is 17.8 Å². The Balaban J connectivity index is -0.000000553. The van der Waals surface area contributed by atoms with Gasteiger partial charge < -0.3 is 51.4 Å². The lowest BCUT2D eigenvalue weighted by Gasteiger charge is -2.23. The molecule has 2 aliphatic rings. The zero-order chi connectivity index (χ0) is 54.4. The highest BCUT2D eigenvalue weighted by atomic mass is 33.1. The summed E-state index contributed by atoms with van der Waals surface area (Å²) >= 11 is 8.25. The second-order valence-electron chi connectivity index (χ2n) is 17.6. The summed E-state index contributed by atoms with van der Waals surface area (Å²) in [5.41, 5.74) is 14.2. The Morgan fingerprint density at radius 1 is 0.570 bits per heavy atom. The topological polar surface area (TPSA) is 279 Å². The summed E-state index contributed by atoms with van der Waals surface area (Å²) in [4.78, 5) is 92.5. The number of alkyl carbamates (subject to hydrolysis) is 2. The number of benzene rings is 4. The van der Waals surface area contributed by atoms with Crippen molar-refractivity contribution in [2.75, 3.05) is 33.4 Å². The largest absolute Gasteiger partial charge is 0.480 e. The smallest absolute Gasteiger partial charge is 0.407 e. The molecule has 0 bridgehead atoms. The number of carboxylic acid groups (broad SMARTS) is 2. The predicted octanol–water partition coefficient (Wildman–Crippen LogP) is 7.32. The predicted molar refractivity (Wildman–Crippen MR) is 336 cm³/mol. The molecule has 4 amide bonds. The second kappa shape index (κ2) is 40.6. The minimum atomic E-state index is -1.16. The minimum absolute atomic E-state index is 0. The van der Waals surface area contributed by atoms with Crippen molar-refractivity contribution in [1.29, 1.82) is 0 Å². The quantitative estimate of drug-likeness (QED) is 0.0380. The molecule has 0 unspecified atom stereocenters. The Morgan fingerprint density at radius 2 is 0.899 bits per heavy atom. The van der Waals surface area contributed by atoms with Crippen LogP contribution in [0.1, 0.15) is 96.9 Å². The highest BCUT2D eigenvalue weighted by Gasteiger charge is 2.33. The first-order valence-corrected chi connectivity index (χ1v) is 25.8. The van der Waals surface area contributed by atoms with Crippen molar-refractivity contribution in [3.63, 3.8) is 0 Å². The van der Waals surface area contributed by atoms with Gasteiger partial charge in [-0.05, 0) is 63.3 Å². The van der Waals surface area contributed by atoms with Gasteiger partial charge in [0.25, 0.3) is 0 Å². The number of nitrogens with one attached hydrogen (secondary N) is 4. The fourth-order valence-corrected chi connectivity index (χ4v) is 7.92. The molecule has 0 heterocycles. The summed E-state index contributed by atoms with van der Waals surface area (Å²) in [7, 11) is 2.17. The second-order valence-corrected chi connectivity index (χ2v) is 19.3. The summed E-state index contributed by atoms with van der Waals surface area (Å²) in [6.45, 7) is 9.80. The van der Waals surface area contributed by atoms with Crippen LogP contribution in [-0.2, 0) is 74.2 Å². The Hall–Kier alpha value is -5.54. The molecule has 18 nitrogen and oxygen atoms in total. The van der Waals surface area contributed by atoms with E-state index in [1.165, 1.54) is 14.0 Å². The van der Waals surface area contributed by atoms with E-state index in [9.17, 15) is 38.4 Å². The molecular weight excluding hydrogens is 1150 g/mol.